The number of hydrogen-bond donors (Lipinski definition) is 1. The van der Waals surface area contributed by atoms with Gasteiger partial charge in [0.2, 0.25) is 0 Å². The molecule has 2 nitrogen and oxygen atoms in total. The Morgan fingerprint density at radius 3 is 2.47 bits per heavy atom. The zero-order valence-corrected chi connectivity index (χ0v) is 12.3. The molecule has 2 rings (SSSR count). The van der Waals surface area contributed by atoms with Crippen LogP contribution in [0.25, 0.3) is 11.0 Å². The monoisotopic (exact) mass is 295 g/mol. The van der Waals surface area contributed by atoms with Crippen molar-refractivity contribution >= 4 is 26.9 Å². The Hall–Kier alpha value is -0.800. The molecule has 0 saturated carbocycles. The molecule has 0 bridgehead atoms. The van der Waals surface area contributed by atoms with E-state index in [0.717, 1.165) is 26.8 Å². The summed E-state index contributed by atoms with van der Waals surface area (Å²) in [5, 5.41) is 1.10. The molecule has 0 aliphatic carbocycles. The fourth-order valence-electron chi connectivity index (χ4n) is 1.82. The number of nitrogens with two attached hydrogens (primary N) is 1. The van der Waals surface area contributed by atoms with Crippen molar-refractivity contribution in [2.75, 3.05) is 0 Å². The second kappa shape index (κ2) is 4.14. The minimum atomic E-state index is -0.0961. The number of benzene rings is 1. The topological polar surface area (TPSA) is 39.2 Å². The molecular formula is C14H18BrNO. The number of hydrogen-bond acceptors (Lipinski definition) is 2. The fraction of sp³-hybridized carbons (Fsp3) is 0.429. The van der Waals surface area contributed by atoms with E-state index in [4.69, 9.17) is 10.2 Å². The summed E-state index contributed by atoms with van der Waals surface area (Å²) in [4.78, 5) is 0. The highest BCUT2D eigenvalue weighted by Gasteiger charge is 2.26. The first-order valence-electron chi connectivity index (χ1n) is 5.75. The molecule has 0 aliphatic rings. The van der Waals surface area contributed by atoms with E-state index >= 15 is 0 Å². The molecule has 2 aromatic rings. The van der Waals surface area contributed by atoms with Gasteiger partial charge in [0.25, 0.3) is 0 Å². The smallest absolute Gasteiger partial charge is 0.138 e. The highest BCUT2D eigenvalue weighted by atomic mass is 79.9. The number of fused-ring (bicyclic) bond motifs is 1. The van der Waals surface area contributed by atoms with Crippen molar-refractivity contribution in [2.24, 2.45) is 11.1 Å². The van der Waals surface area contributed by atoms with Gasteiger partial charge in [-0.05, 0) is 30.0 Å². The van der Waals surface area contributed by atoms with Crippen LogP contribution in [-0.2, 0) is 0 Å². The first-order chi connectivity index (χ1) is 7.80. The van der Waals surface area contributed by atoms with E-state index in [1.807, 2.05) is 25.1 Å². The van der Waals surface area contributed by atoms with Gasteiger partial charge in [-0.3, -0.25) is 0 Å². The van der Waals surface area contributed by atoms with Crippen molar-refractivity contribution in [1.29, 1.82) is 0 Å². The van der Waals surface area contributed by atoms with Gasteiger partial charge in [-0.1, -0.05) is 42.8 Å². The molecule has 1 aromatic carbocycles. The lowest BCUT2D eigenvalue weighted by atomic mass is 9.86. The van der Waals surface area contributed by atoms with Gasteiger partial charge < -0.3 is 10.2 Å². The predicted molar refractivity (Wildman–Crippen MR) is 75.0 cm³/mol. The van der Waals surface area contributed by atoms with E-state index in [2.05, 4.69) is 36.7 Å². The van der Waals surface area contributed by atoms with Crippen LogP contribution in [-0.4, -0.2) is 0 Å². The number of aryl methyl sites for hydroxylation is 1. The van der Waals surface area contributed by atoms with Crippen LogP contribution < -0.4 is 5.73 Å². The van der Waals surface area contributed by atoms with Crippen LogP contribution in [0.15, 0.2) is 27.1 Å². The first-order valence-corrected chi connectivity index (χ1v) is 6.54. The summed E-state index contributed by atoms with van der Waals surface area (Å²) in [5.74, 6) is 0.850. The van der Waals surface area contributed by atoms with Crippen LogP contribution in [0, 0.1) is 12.3 Å². The molecule has 0 saturated heterocycles. The highest BCUT2D eigenvalue weighted by Crippen LogP contribution is 2.36. The summed E-state index contributed by atoms with van der Waals surface area (Å²) in [6.07, 6.45) is 0. The van der Waals surface area contributed by atoms with Gasteiger partial charge in [0, 0.05) is 9.86 Å². The standard InChI is InChI=1S/C14H18BrNO/c1-8-5-6-10(15)9-7-11(17-12(8)9)13(16)14(2,3)4/h5-7,13H,16H2,1-4H3. The number of halogens is 1. The van der Waals surface area contributed by atoms with Crippen molar-refractivity contribution in [3.05, 3.63) is 34.0 Å². The molecule has 3 heteroatoms. The Labute approximate surface area is 110 Å². The summed E-state index contributed by atoms with van der Waals surface area (Å²) in [6, 6.07) is 6.03. The Kier molecular flexibility index (Phi) is 3.08. The first kappa shape index (κ1) is 12.7. The lowest BCUT2D eigenvalue weighted by Crippen LogP contribution is -2.25. The molecule has 0 fully saturated rings. The molecule has 92 valence electrons. The maximum absolute atomic E-state index is 6.23. The van der Waals surface area contributed by atoms with Crippen molar-refractivity contribution in [2.45, 2.75) is 33.7 Å². The molecule has 0 aliphatic heterocycles. The molecule has 1 atom stereocenters. The van der Waals surface area contributed by atoms with Crippen molar-refractivity contribution in [3.8, 4) is 0 Å². The highest BCUT2D eigenvalue weighted by molar-refractivity contribution is 9.10. The SMILES string of the molecule is Cc1ccc(Br)c2cc(C(N)C(C)(C)C)oc12. The summed E-state index contributed by atoms with van der Waals surface area (Å²) in [7, 11) is 0. The molecule has 1 aromatic heterocycles. The van der Waals surface area contributed by atoms with Crippen LogP contribution in [0.4, 0.5) is 0 Å². The fourth-order valence-corrected chi connectivity index (χ4v) is 2.25. The minimum absolute atomic E-state index is 0.00570. The van der Waals surface area contributed by atoms with Crippen LogP contribution in [0.5, 0.6) is 0 Å². The zero-order valence-electron chi connectivity index (χ0n) is 10.7. The third-order valence-electron chi connectivity index (χ3n) is 3.09. The van der Waals surface area contributed by atoms with Gasteiger partial charge in [-0.25, -0.2) is 0 Å². The Morgan fingerprint density at radius 1 is 1.29 bits per heavy atom. The third kappa shape index (κ3) is 2.26. The van der Waals surface area contributed by atoms with Gasteiger partial charge in [-0.15, -0.1) is 0 Å². The molecule has 2 N–H and O–H groups in total. The number of furan rings is 1. The van der Waals surface area contributed by atoms with Crippen molar-refractivity contribution in [1.82, 2.24) is 0 Å². The maximum Gasteiger partial charge on any atom is 0.138 e. The van der Waals surface area contributed by atoms with Crippen LogP contribution in [0.3, 0.4) is 0 Å². The lowest BCUT2D eigenvalue weighted by Gasteiger charge is -2.24. The lowest BCUT2D eigenvalue weighted by molar-refractivity contribution is 0.290. The molecule has 0 amide bonds. The van der Waals surface area contributed by atoms with E-state index in [0.29, 0.717) is 0 Å². The summed E-state index contributed by atoms with van der Waals surface area (Å²) in [5.41, 5.74) is 8.28. The molecule has 0 radical (unpaired) electrons. The normalized spacial score (nSPS) is 14.2. The Morgan fingerprint density at radius 2 is 1.94 bits per heavy atom. The van der Waals surface area contributed by atoms with Crippen molar-refractivity contribution in [3.63, 3.8) is 0 Å². The molecule has 1 unspecified atom stereocenters. The Bertz CT molecular complexity index is 512. The molecule has 0 spiro atoms. The van der Waals surface area contributed by atoms with Crippen LogP contribution in [0.1, 0.15) is 38.1 Å². The van der Waals surface area contributed by atoms with Gasteiger partial charge in [-0.2, -0.15) is 0 Å². The van der Waals surface area contributed by atoms with E-state index in [1.54, 1.807) is 0 Å². The Balaban J connectivity index is 2.59. The van der Waals surface area contributed by atoms with Gasteiger partial charge in [0.15, 0.2) is 0 Å². The predicted octanol–water partition coefficient (Wildman–Crippen LogP) is 4.55. The summed E-state index contributed by atoms with van der Waals surface area (Å²) < 4.78 is 6.96. The average Bonchev–Trinajstić information content (AvgIpc) is 2.67. The van der Waals surface area contributed by atoms with E-state index in [9.17, 15) is 0 Å². The molecule has 17 heavy (non-hydrogen) atoms. The molecular weight excluding hydrogens is 278 g/mol. The van der Waals surface area contributed by atoms with Gasteiger partial charge in [0.05, 0.1) is 6.04 Å². The second-order valence-corrected chi connectivity index (χ2v) is 6.45. The second-order valence-electron chi connectivity index (χ2n) is 5.60. The van der Waals surface area contributed by atoms with E-state index in [-0.39, 0.29) is 11.5 Å². The van der Waals surface area contributed by atoms with Gasteiger partial charge >= 0.3 is 0 Å². The average molecular weight is 296 g/mol. The number of rotatable bonds is 1. The largest absolute Gasteiger partial charge is 0.459 e. The quantitative estimate of drug-likeness (QED) is 0.838. The van der Waals surface area contributed by atoms with Crippen LogP contribution >= 0.6 is 15.9 Å². The maximum atomic E-state index is 6.23. The van der Waals surface area contributed by atoms with E-state index < -0.39 is 0 Å². The summed E-state index contributed by atoms with van der Waals surface area (Å²) in [6.45, 7) is 8.40. The van der Waals surface area contributed by atoms with Gasteiger partial charge in [0.1, 0.15) is 11.3 Å². The zero-order chi connectivity index (χ0) is 12.8. The summed E-state index contributed by atoms with van der Waals surface area (Å²) >= 11 is 3.54. The van der Waals surface area contributed by atoms with E-state index in [1.165, 1.54) is 0 Å². The molecule has 1 heterocycles. The third-order valence-corrected chi connectivity index (χ3v) is 3.78. The van der Waals surface area contributed by atoms with Crippen LogP contribution in [0.2, 0.25) is 0 Å². The minimum Gasteiger partial charge on any atom is -0.459 e. The van der Waals surface area contributed by atoms with Crippen molar-refractivity contribution < 1.29 is 4.42 Å².